The van der Waals surface area contributed by atoms with E-state index in [-0.39, 0.29) is 5.69 Å². The van der Waals surface area contributed by atoms with Crippen LogP contribution in [0.1, 0.15) is 0 Å². The first-order chi connectivity index (χ1) is 11.2. The molecule has 0 spiro atoms. The van der Waals surface area contributed by atoms with Crippen LogP contribution in [0.25, 0.3) is 21.8 Å². The topological polar surface area (TPSA) is 99.4 Å². The van der Waals surface area contributed by atoms with Crippen molar-refractivity contribution in [1.29, 1.82) is 0 Å². The van der Waals surface area contributed by atoms with Gasteiger partial charge >= 0.3 is 0 Å². The summed E-state index contributed by atoms with van der Waals surface area (Å²) in [5, 5.41) is 21.2. The van der Waals surface area contributed by atoms with Crippen LogP contribution in [0.4, 0.5) is 17.1 Å². The van der Waals surface area contributed by atoms with Gasteiger partial charge in [-0.1, -0.05) is 0 Å². The Bertz CT molecular complexity index is 1040. The lowest BCUT2D eigenvalue weighted by Crippen LogP contribution is -1.85. The fourth-order valence-electron chi connectivity index (χ4n) is 2.58. The van der Waals surface area contributed by atoms with Gasteiger partial charge in [0.15, 0.2) is 0 Å². The van der Waals surface area contributed by atoms with E-state index in [1.165, 1.54) is 12.1 Å². The SMILES string of the molecule is O=[N+]([O-])c1ccc(N=Nc2c[nH]c3ccc4[nH]ccc4c23)cc1. The summed E-state index contributed by atoms with van der Waals surface area (Å²) in [5.74, 6) is 0. The molecule has 7 nitrogen and oxygen atoms in total. The lowest BCUT2D eigenvalue weighted by Gasteiger charge is -1.95. The minimum atomic E-state index is -0.441. The summed E-state index contributed by atoms with van der Waals surface area (Å²) in [6, 6.07) is 12.0. The molecule has 0 saturated heterocycles. The van der Waals surface area contributed by atoms with Crippen LogP contribution >= 0.6 is 0 Å². The van der Waals surface area contributed by atoms with E-state index < -0.39 is 4.92 Å². The first kappa shape index (κ1) is 13.2. The Morgan fingerprint density at radius 1 is 0.913 bits per heavy atom. The zero-order chi connectivity index (χ0) is 15.8. The normalized spacial score (nSPS) is 11.7. The summed E-state index contributed by atoms with van der Waals surface area (Å²) in [5.41, 5.74) is 3.33. The van der Waals surface area contributed by atoms with E-state index in [4.69, 9.17) is 0 Å². The Morgan fingerprint density at radius 3 is 2.48 bits per heavy atom. The van der Waals surface area contributed by atoms with E-state index in [0.717, 1.165) is 27.5 Å². The van der Waals surface area contributed by atoms with Crippen LogP contribution in [-0.2, 0) is 0 Å². The Kier molecular flexibility index (Phi) is 2.90. The van der Waals surface area contributed by atoms with E-state index in [1.54, 1.807) is 18.3 Å². The minimum absolute atomic E-state index is 0.0325. The standard InChI is InChI=1S/C16H11N5O2/c22-21(23)11-3-1-10(2-4-11)19-20-15-9-18-14-6-5-13-12(16(14)15)7-8-17-13/h1-9,17-18H. The summed E-state index contributed by atoms with van der Waals surface area (Å²) in [6.45, 7) is 0. The number of hydrogen-bond donors (Lipinski definition) is 2. The van der Waals surface area contributed by atoms with Crippen LogP contribution in [0.2, 0.25) is 0 Å². The number of nitro benzene ring substituents is 1. The number of benzene rings is 2. The zero-order valence-electron chi connectivity index (χ0n) is 11.9. The van der Waals surface area contributed by atoms with Crippen molar-refractivity contribution in [3.8, 4) is 0 Å². The highest BCUT2D eigenvalue weighted by atomic mass is 16.6. The second-order valence-corrected chi connectivity index (χ2v) is 5.07. The van der Waals surface area contributed by atoms with Crippen molar-refractivity contribution in [1.82, 2.24) is 9.97 Å². The molecule has 0 saturated carbocycles. The van der Waals surface area contributed by atoms with E-state index in [0.29, 0.717) is 5.69 Å². The third-order valence-corrected chi connectivity index (χ3v) is 3.69. The third kappa shape index (κ3) is 2.24. The molecule has 2 N–H and O–H groups in total. The van der Waals surface area contributed by atoms with Gasteiger partial charge in [0, 0.05) is 46.3 Å². The van der Waals surface area contributed by atoms with Crippen molar-refractivity contribution in [2.24, 2.45) is 10.2 Å². The lowest BCUT2D eigenvalue weighted by atomic mass is 10.1. The van der Waals surface area contributed by atoms with Crippen molar-refractivity contribution in [3.05, 3.63) is 65.0 Å². The summed E-state index contributed by atoms with van der Waals surface area (Å²) < 4.78 is 0. The van der Waals surface area contributed by atoms with Gasteiger partial charge in [-0.15, -0.1) is 5.11 Å². The summed E-state index contributed by atoms with van der Waals surface area (Å²) in [4.78, 5) is 16.5. The van der Waals surface area contributed by atoms with Gasteiger partial charge in [-0.05, 0) is 30.3 Å². The van der Waals surface area contributed by atoms with Gasteiger partial charge < -0.3 is 9.97 Å². The average molecular weight is 305 g/mol. The third-order valence-electron chi connectivity index (χ3n) is 3.69. The molecular weight excluding hydrogens is 294 g/mol. The Balaban J connectivity index is 1.74. The number of nitro groups is 1. The molecule has 0 bridgehead atoms. The average Bonchev–Trinajstić information content (AvgIpc) is 3.19. The second kappa shape index (κ2) is 5.06. The van der Waals surface area contributed by atoms with Crippen LogP contribution in [-0.4, -0.2) is 14.9 Å². The van der Waals surface area contributed by atoms with Gasteiger partial charge in [0.05, 0.1) is 10.6 Å². The molecule has 2 heterocycles. The first-order valence-electron chi connectivity index (χ1n) is 6.96. The van der Waals surface area contributed by atoms with Crippen molar-refractivity contribution < 1.29 is 4.92 Å². The van der Waals surface area contributed by atoms with Crippen molar-refractivity contribution in [3.63, 3.8) is 0 Å². The Hall–Kier alpha value is -3.48. The number of nitrogens with zero attached hydrogens (tertiary/aromatic N) is 3. The number of aromatic nitrogens is 2. The van der Waals surface area contributed by atoms with Gasteiger partial charge in [-0.25, -0.2) is 0 Å². The number of rotatable bonds is 3. The highest BCUT2D eigenvalue weighted by Gasteiger charge is 2.08. The van der Waals surface area contributed by atoms with E-state index in [2.05, 4.69) is 20.2 Å². The maximum Gasteiger partial charge on any atom is 0.269 e. The molecule has 0 unspecified atom stereocenters. The lowest BCUT2D eigenvalue weighted by molar-refractivity contribution is -0.384. The van der Waals surface area contributed by atoms with E-state index >= 15 is 0 Å². The Labute approximate surface area is 129 Å². The molecule has 0 fully saturated rings. The molecule has 4 rings (SSSR count). The number of non-ortho nitro benzene ring substituents is 1. The summed E-state index contributed by atoms with van der Waals surface area (Å²) in [7, 11) is 0. The molecule has 0 aliphatic rings. The highest BCUT2D eigenvalue weighted by molar-refractivity contribution is 6.11. The van der Waals surface area contributed by atoms with Crippen LogP contribution < -0.4 is 0 Å². The minimum Gasteiger partial charge on any atom is -0.361 e. The Morgan fingerprint density at radius 2 is 1.70 bits per heavy atom. The monoisotopic (exact) mass is 305 g/mol. The van der Waals surface area contributed by atoms with Crippen molar-refractivity contribution in [2.75, 3.05) is 0 Å². The smallest absolute Gasteiger partial charge is 0.269 e. The van der Waals surface area contributed by atoms with Crippen LogP contribution in [0.15, 0.2) is 65.1 Å². The second-order valence-electron chi connectivity index (χ2n) is 5.07. The molecule has 2 aromatic heterocycles. The van der Waals surface area contributed by atoms with Gasteiger partial charge in [0.2, 0.25) is 0 Å². The molecule has 0 aliphatic heterocycles. The van der Waals surface area contributed by atoms with E-state index in [1.807, 2.05) is 24.4 Å². The largest absolute Gasteiger partial charge is 0.361 e. The van der Waals surface area contributed by atoms with Crippen LogP contribution in [0.3, 0.4) is 0 Å². The number of aromatic amines is 2. The van der Waals surface area contributed by atoms with Gasteiger partial charge in [0.25, 0.3) is 5.69 Å². The maximum absolute atomic E-state index is 10.6. The molecule has 7 heteroatoms. The van der Waals surface area contributed by atoms with Gasteiger partial charge in [-0.2, -0.15) is 5.11 Å². The number of H-pyrrole nitrogens is 2. The quantitative estimate of drug-likeness (QED) is 0.317. The number of fused-ring (bicyclic) bond motifs is 3. The highest BCUT2D eigenvalue weighted by Crippen LogP contribution is 2.33. The summed E-state index contributed by atoms with van der Waals surface area (Å²) >= 11 is 0. The van der Waals surface area contributed by atoms with Crippen molar-refractivity contribution in [2.45, 2.75) is 0 Å². The molecule has 23 heavy (non-hydrogen) atoms. The molecule has 0 aliphatic carbocycles. The molecule has 112 valence electrons. The fourth-order valence-corrected chi connectivity index (χ4v) is 2.58. The van der Waals surface area contributed by atoms with Crippen molar-refractivity contribution >= 4 is 38.9 Å². The van der Waals surface area contributed by atoms with Gasteiger partial charge in [-0.3, -0.25) is 10.1 Å². The molecule has 2 aromatic carbocycles. The zero-order valence-corrected chi connectivity index (χ0v) is 11.9. The maximum atomic E-state index is 10.6. The fraction of sp³-hybridized carbons (Fsp3) is 0. The number of nitrogens with one attached hydrogen (secondary N) is 2. The first-order valence-corrected chi connectivity index (χ1v) is 6.96. The molecule has 0 atom stereocenters. The number of azo groups is 1. The van der Waals surface area contributed by atoms with Crippen LogP contribution in [0.5, 0.6) is 0 Å². The van der Waals surface area contributed by atoms with E-state index in [9.17, 15) is 10.1 Å². The predicted octanol–water partition coefficient (Wildman–Crippen LogP) is 4.97. The van der Waals surface area contributed by atoms with Gasteiger partial charge in [0.1, 0.15) is 5.69 Å². The molecule has 0 amide bonds. The molecule has 0 radical (unpaired) electrons. The molecule has 4 aromatic rings. The predicted molar refractivity (Wildman–Crippen MR) is 87.4 cm³/mol. The molecular formula is C16H11N5O2. The summed E-state index contributed by atoms with van der Waals surface area (Å²) in [6.07, 6.45) is 3.68. The van der Waals surface area contributed by atoms with Crippen LogP contribution in [0, 0.1) is 10.1 Å². The number of hydrogen-bond acceptors (Lipinski definition) is 4.